The first kappa shape index (κ1) is 60.6. The summed E-state index contributed by atoms with van der Waals surface area (Å²) < 4.78 is 64.6. The van der Waals surface area contributed by atoms with Crippen LogP contribution in [-0.2, 0) is 41.5 Å². The zero-order chi connectivity index (χ0) is 58.9. The van der Waals surface area contributed by atoms with E-state index in [9.17, 15) is 72.9 Å². The van der Waals surface area contributed by atoms with Crippen molar-refractivity contribution in [3.63, 3.8) is 0 Å². The molecule has 31 heteroatoms. The second-order valence-corrected chi connectivity index (χ2v) is 21.7. The first-order valence-electron chi connectivity index (χ1n) is 25.5. The van der Waals surface area contributed by atoms with Crippen LogP contribution in [0.4, 0.5) is 5.82 Å². The lowest BCUT2D eigenvalue weighted by Crippen LogP contribution is -2.33. The second kappa shape index (κ2) is 26.6. The number of aromatic amines is 1. The topological polar surface area (TPSA) is 432 Å². The molecule has 2 saturated heterocycles. The number of aromatic carboxylic acids is 1. The summed E-state index contributed by atoms with van der Waals surface area (Å²) in [5.74, 6) is -2.25. The summed E-state index contributed by atoms with van der Waals surface area (Å²) in [6, 6.07) is 13.9. The van der Waals surface area contributed by atoms with Crippen molar-refractivity contribution in [1.82, 2.24) is 29.7 Å². The number of amides is 2. The first-order valence-corrected chi connectivity index (χ1v) is 28.5. The largest absolute Gasteiger partial charge is 0.508 e. The normalized spacial score (nSPS) is 20.5. The van der Waals surface area contributed by atoms with Crippen molar-refractivity contribution in [2.24, 2.45) is 0 Å². The van der Waals surface area contributed by atoms with E-state index in [-0.39, 0.29) is 82.9 Å². The fraction of sp³-hybridized carbons (Fsp3) is 0.373. The van der Waals surface area contributed by atoms with Gasteiger partial charge < -0.3 is 60.5 Å². The number of aromatic hydroxyl groups is 1. The van der Waals surface area contributed by atoms with Gasteiger partial charge in [-0.15, -0.1) is 0 Å². The van der Waals surface area contributed by atoms with E-state index in [0.29, 0.717) is 42.2 Å². The van der Waals surface area contributed by atoms with E-state index in [0.717, 1.165) is 27.5 Å². The van der Waals surface area contributed by atoms with Crippen LogP contribution < -0.4 is 38.7 Å². The van der Waals surface area contributed by atoms with Gasteiger partial charge in [-0.25, -0.2) is 23.5 Å². The number of fused-ring (bicyclic) bond motifs is 2. The number of nitrogens with two attached hydrogens (primary N) is 1. The zero-order valence-corrected chi connectivity index (χ0v) is 45.1. The van der Waals surface area contributed by atoms with E-state index >= 15 is 0 Å². The third-order valence-electron chi connectivity index (χ3n) is 13.1. The van der Waals surface area contributed by atoms with Crippen LogP contribution in [-0.4, -0.2) is 131 Å². The zero-order valence-electron chi connectivity index (χ0n) is 43.3. The Kier molecular flexibility index (Phi) is 19.7. The number of aromatic nitrogens is 4. The van der Waals surface area contributed by atoms with E-state index in [1.165, 1.54) is 60.8 Å². The third kappa shape index (κ3) is 15.3. The molecule has 1 aliphatic carbocycles. The SMILES string of the molecule is Nc1ccn([C@H]2C[C@@H](O)[C@@H](COP(=O)(O)OCCCOP(=O)(O)O[C@@H]3C[C@H](n4cc(/C=C/C(=O)NCCCCCCNC(=O)c5ccc(C(=O)O)c(-c6c7ccc(=O)cc-7oc7cc(O)ccc67)c5)c(=O)[nH]c4=O)O[C@@H]3CO)O2)c(=O)n1. The summed E-state index contributed by atoms with van der Waals surface area (Å²) in [4.78, 5) is 115. The predicted octanol–water partition coefficient (Wildman–Crippen LogP) is 2.73. The van der Waals surface area contributed by atoms with Crippen molar-refractivity contribution in [2.75, 3.05) is 45.3 Å². The number of carboxylic acids is 1. The molecule has 3 aliphatic heterocycles. The maximum atomic E-state index is 13.3. The Morgan fingerprint density at radius 3 is 2.28 bits per heavy atom. The summed E-state index contributed by atoms with van der Waals surface area (Å²) in [6.45, 7) is -1.86. The van der Waals surface area contributed by atoms with Crippen LogP contribution in [0.25, 0.3) is 39.5 Å². The molecular weight excluding hydrogens is 1120 g/mol. The van der Waals surface area contributed by atoms with Gasteiger partial charge in [-0.2, -0.15) is 4.98 Å². The van der Waals surface area contributed by atoms with Crippen molar-refractivity contribution in [3.8, 4) is 28.2 Å². The smallest absolute Gasteiger partial charge is 0.472 e. The summed E-state index contributed by atoms with van der Waals surface area (Å²) in [7, 11) is -9.65. The number of H-pyrrole nitrogens is 1. The molecule has 82 heavy (non-hydrogen) atoms. The van der Waals surface area contributed by atoms with Gasteiger partial charge in [0.25, 0.3) is 11.5 Å². The molecule has 2 amide bonds. The van der Waals surface area contributed by atoms with Crippen molar-refractivity contribution >= 4 is 56.3 Å². The van der Waals surface area contributed by atoms with Gasteiger partial charge >= 0.3 is 33.0 Å². The van der Waals surface area contributed by atoms with E-state index < -0.39 is 114 Å². The van der Waals surface area contributed by atoms with Crippen LogP contribution in [0.1, 0.15) is 83.7 Å². The number of phosphoric ester groups is 2. The molecule has 2 unspecified atom stereocenters. The number of aliphatic hydroxyl groups excluding tert-OH is 2. The lowest BCUT2D eigenvalue weighted by Gasteiger charge is -2.20. The standard InChI is InChI=1S/C51H57N7O22P2/c52-42-14-17-57(50(68)55-42)44-23-36(62)41(79-44)27-76-81(70,71)74-18-5-19-75-82(72,73)80-39-24-45(78-40(39)26-59)58-25-29(48(65)56-51(58)69)7-13-43(63)53-15-3-1-2-4-16-54-47(64)28-6-10-32(49(66)67)35(20-28)46-33-11-8-30(60)21-37(33)77-38-22-31(61)9-12-34(38)46/h6-14,17,20-22,25,36,39-41,44-45,59-60,62H,1-5,15-16,18-19,23-24,26-27H2,(H,53,63)(H,54,64)(H,66,67)(H,70,71)(H,72,73)(H2,52,55,68)(H,56,65,69)/b13-7+/t36-,39-,40-,41-,44-,45-/m1/s1. The molecule has 0 saturated carbocycles. The molecule has 11 N–H and O–H groups in total. The highest BCUT2D eigenvalue weighted by molar-refractivity contribution is 7.47. The number of hydrogen-bond donors (Lipinski definition) is 10. The highest BCUT2D eigenvalue weighted by Crippen LogP contribution is 2.49. The Balaban J connectivity index is 0.744. The minimum absolute atomic E-state index is 0.0190. The maximum Gasteiger partial charge on any atom is 0.472 e. The Bertz CT molecular complexity index is 3680. The number of unbranched alkanes of at least 4 members (excludes halogenated alkanes) is 3. The highest BCUT2D eigenvalue weighted by atomic mass is 31.2. The van der Waals surface area contributed by atoms with Gasteiger partial charge in [0.1, 0.15) is 53.7 Å². The summed E-state index contributed by atoms with van der Waals surface area (Å²) >= 11 is 0. The van der Waals surface area contributed by atoms with Crippen molar-refractivity contribution < 1.29 is 85.7 Å². The number of carbonyl (C=O) groups excluding carboxylic acids is 2. The maximum absolute atomic E-state index is 13.3. The number of phenols is 1. The van der Waals surface area contributed by atoms with Gasteiger partial charge in [-0.05, 0) is 79.4 Å². The first-order chi connectivity index (χ1) is 39.1. The molecule has 438 valence electrons. The number of phenolic OH excluding ortho intramolecular Hbond substituents is 1. The lowest BCUT2D eigenvalue weighted by molar-refractivity contribution is -0.116. The number of carboxylic acid groups (broad SMARTS) is 1. The average molecular weight is 1180 g/mol. The van der Waals surface area contributed by atoms with Crippen molar-refractivity contribution in [3.05, 3.63) is 137 Å². The van der Waals surface area contributed by atoms with Crippen LogP contribution in [0, 0.1) is 0 Å². The summed E-state index contributed by atoms with van der Waals surface area (Å²) in [6.07, 6.45) is -0.583. The minimum Gasteiger partial charge on any atom is -0.508 e. The van der Waals surface area contributed by atoms with Crippen LogP contribution >= 0.6 is 15.6 Å². The lowest BCUT2D eigenvalue weighted by atomic mass is 9.89. The fourth-order valence-electron chi connectivity index (χ4n) is 9.06. The Morgan fingerprint density at radius 2 is 1.55 bits per heavy atom. The Labute approximate surface area is 463 Å². The fourth-order valence-corrected chi connectivity index (χ4v) is 10.8. The van der Waals surface area contributed by atoms with E-state index in [1.54, 1.807) is 6.07 Å². The number of phosphoric acid groups is 2. The van der Waals surface area contributed by atoms with Crippen LogP contribution in [0.15, 0.2) is 103 Å². The summed E-state index contributed by atoms with van der Waals surface area (Å²) in [5.41, 5.74) is 3.77. The Hall–Kier alpha value is -7.50. The molecule has 0 radical (unpaired) electrons. The van der Waals surface area contributed by atoms with Crippen molar-refractivity contribution in [1.29, 1.82) is 0 Å². The predicted molar refractivity (Wildman–Crippen MR) is 287 cm³/mol. The van der Waals surface area contributed by atoms with Gasteiger partial charge in [-0.3, -0.25) is 51.4 Å². The number of nitrogens with zero attached hydrogens (tertiary/aromatic N) is 3. The summed E-state index contributed by atoms with van der Waals surface area (Å²) in [5, 5.41) is 46.6. The van der Waals surface area contributed by atoms with Gasteiger partial charge in [0.15, 0.2) is 5.43 Å². The molecule has 8 atom stereocenters. The van der Waals surface area contributed by atoms with Gasteiger partial charge in [0.2, 0.25) is 5.91 Å². The number of anilines is 1. The monoisotopic (exact) mass is 1180 g/mol. The van der Waals surface area contributed by atoms with E-state index in [1.807, 2.05) is 0 Å². The van der Waals surface area contributed by atoms with Crippen LogP contribution in [0.2, 0.25) is 0 Å². The number of nitrogen functional groups attached to an aromatic ring is 1. The molecule has 5 heterocycles. The molecule has 0 bridgehead atoms. The van der Waals surface area contributed by atoms with Gasteiger partial charge in [0.05, 0.1) is 43.7 Å². The number of rotatable bonds is 26. The quantitative estimate of drug-likeness (QED) is 0.0161. The molecule has 4 aliphatic rings. The number of nitrogens with one attached hydrogen (secondary N) is 3. The van der Waals surface area contributed by atoms with Gasteiger partial charge in [0, 0.05) is 78.6 Å². The number of hydrogen-bond acceptors (Lipinski definition) is 21. The average Bonchev–Trinajstić information content (AvgIpc) is 2.28. The number of aliphatic hydroxyl groups is 2. The van der Waals surface area contributed by atoms with E-state index in [4.69, 9.17) is 37.7 Å². The molecule has 2 aromatic carbocycles. The highest BCUT2D eigenvalue weighted by Gasteiger charge is 2.42. The van der Waals surface area contributed by atoms with E-state index in [2.05, 4.69) is 20.6 Å². The molecule has 0 spiro atoms. The molecule has 29 nitrogen and oxygen atoms in total. The molecule has 2 fully saturated rings. The minimum atomic E-state index is -4.91. The number of benzene rings is 3. The third-order valence-corrected chi connectivity index (χ3v) is 15.1. The second-order valence-electron chi connectivity index (χ2n) is 18.8. The number of ether oxygens (including phenoxy) is 2. The molecular formula is C51H57N7O22P2. The molecule has 4 aromatic rings. The molecule has 2 aromatic heterocycles. The van der Waals surface area contributed by atoms with Crippen LogP contribution in [0.5, 0.6) is 5.75 Å². The van der Waals surface area contributed by atoms with Crippen LogP contribution in [0.3, 0.4) is 0 Å². The molecule has 8 rings (SSSR count). The van der Waals surface area contributed by atoms with Crippen molar-refractivity contribution in [2.45, 2.75) is 81.8 Å². The number of carbonyl (C=O) groups is 3. The van der Waals surface area contributed by atoms with Gasteiger partial charge in [-0.1, -0.05) is 12.8 Å². The Morgan fingerprint density at radius 1 is 0.829 bits per heavy atom.